The Bertz CT molecular complexity index is 991. The molecule has 0 radical (unpaired) electrons. The first-order valence-corrected chi connectivity index (χ1v) is 11.1. The van der Waals surface area contributed by atoms with Crippen molar-refractivity contribution in [2.24, 2.45) is 0 Å². The smallest absolute Gasteiger partial charge is 0.240 e. The van der Waals surface area contributed by atoms with Gasteiger partial charge in [-0.25, -0.2) is 13.1 Å². The number of carbonyl (C=O) groups excluding carboxylic acids is 1. The van der Waals surface area contributed by atoms with Crippen molar-refractivity contribution in [2.45, 2.75) is 30.6 Å². The summed E-state index contributed by atoms with van der Waals surface area (Å²) in [6.07, 6.45) is 0.741. The van der Waals surface area contributed by atoms with Gasteiger partial charge in [-0.1, -0.05) is 78.4 Å². The molecule has 0 saturated heterocycles. The normalized spacial score (nSPS) is 11.5. The average Bonchev–Trinajstić information content (AvgIpc) is 2.73. The number of aryl methyl sites for hydroxylation is 1. The highest BCUT2D eigenvalue weighted by atomic mass is 32.2. The molecule has 0 unspecified atom stereocenters. The van der Waals surface area contributed by atoms with Gasteiger partial charge in [-0.2, -0.15) is 0 Å². The maximum Gasteiger partial charge on any atom is 0.240 e. The SMILES string of the molecule is Cc1ccc(S(=O)(=O)NCCCC(=O)C(c2ccccc2)c2ccccc2)cc1. The number of hydrogen-bond donors (Lipinski definition) is 1. The van der Waals surface area contributed by atoms with Gasteiger partial charge in [0.25, 0.3) is 0 Å². The molecule has 0 bridgehead atoms. The molecule has 150 valence electrons. The maximum absolute atomic E-state index is 13.0. The van der Waals surface area contributed by atoms with Crippen LogP contribution in [0.3, 0.4) is 0 Å². The molecule has 0 atom stereocenters. The fourth-order valence-corrected chi connectivity index (χ4v) is 4.34. The molecule has 0 saturated carbocycles. The molecular formula is C24H25NO3S. The molecule has 0 heterocycles. The first kappa shape index (κ1) is 21.0. The van der Waals surface area contributed by atoms with Gasteiger partial charge >= 0.3 is 0 Å². The number of nitrogens with one attached hydrogen (secondary N) is 1. The monoisotopic (exact) mass is 407 g/mol. The lowest BCUT2D eigenvalue weighted by atomic mass is 9.86. The van der Waals surface area contributed by atoms with Crippen molar-refractivity contribution in [3.8, 4) is 0 Å². The van der Waals surface area contributed by atoms with Gasteiger partial charge in [0.2, 0.25) is 10.0 Å². The summed E-state index contributed by atoms with van der Waals surface area (Å²) in [6, 6.07) is 26.1. The van der Waals surface area contributed by atoms with E-state index in [0.29, 0.717) is 12.8 Å². The van der Waals surface area contributed by atoms with Crippen LogP contribution in [0.25, 0.3) is 0 Å². The minimum absolute atomic E-state index is 0.0805. The van der Waals surface area contributed by atoms with Gasteiger partial charge in [-0.05, 0) is 36.6 Å². The third-order valence-electron chi connectivity index (χ3n) is 4.81. The third-order valence-corrected chi connectivity index (χ3v) is 6.29. The van der Waals surface area contributed by atoms with Gasteiger partial charge in [-0.3, -0.25) is 4.79 Å². The van der Waals surface area contributed by atoms with E-state index in [1.807, 2.05) is 67.6 Å². The fraction of sp³-hybridized carbons (Fsp3) is 0.208. The second kappa shape index (κ2) is 9.63. The predicted octanol–water partition coefficient (Wildman–Crippen LogP) is 4.45. The van der Waals surface area contributed by atoms with Gasteiger partial charge < -0.3 is 0 Å². The minimum atomic E-state index is -3.56. The molecule has 0 aliphatic heterocycles. The summed E-state index contributed by atoms with van der Waals surface area (Å²) < 4.78 is 27.3. The van der Waals surface area contributed by atoms with Crippen LogP contribution >= 0.6 is 0 Å². The molecule has 3 aromatic carbocycles. The second-order valence-corrected chi connectivity index (χ2v) is 8.80. The summed E-state index contributed by atoms with van der Waals surface area (Å²) >= 11 is 0. The zero-order chi connectivity index (χ0) is 20.7. The van der Waals surface area contributed by atoms with E-state index in [1.165, 1.54) is 0 Å². The van der Waals surface area contributed by atoms with E-state index in [-0.39, 0.29) is 23.1 Å². The van der Waals surface area contributed by atoms with E-state index >= 15 is 0 Å². The Kier molecular flexibility index (Phi) is 6.96. The van der Waals surface area contributed by atoms with Crippen LogP contribution in [0.1, 0.15) is 35.4 Å². The molecule has 3 aromatic rings. The molecule has 3 rings (SSSR count). The van der Waals surface area contributed by atoms with E-state index in [2.05, 4.69) is 4.72 Å². The van der Waals surface area contributed by atoms with Crippen LogP contribution in [0.5, 0.6) is 0 Å². The number of hydrogen-bond acceptors (Lipinski definition) is 3. The third kappa shape index (κ3) is 5.62. The first-order valence-electron chi connectivity index (χ1n) is 9.66. The molecule has 0 aromatic heterocycles. The fourth-order valence-electron chi connectivity index (χ4n) is 3.27. The van der Waals surface area contributed by atoms with Crippen LogP contribution in [0.4, 0.5) is 0 Å². The lowest BCUT2D eigenvalue weighted by Crippen LogP contribution is -2.25. The molecule has 0 aliphatic rings. The topological polar surface area (TPSA) is 63.2 Å². The average molecular weight is 408 g/mol. The van der Waals surface area contributed by atoms with Crippen molar-refractivity contribution in [3.05, 3.63) is 102 Å². The number of ketones is 1. The summed E-state index contributed by atoms with van der Waals surface area (Å²) in [5.41, 5.74) is 2.90. The first-order chi connectivity index (χ1) is 14.0. The van der Waals surface area contributed by atoms with E-state index in [4.69, 9.17) is 0 Å². The van der Waals surface area contributed by atoms with Crippen molar-refractivity contribution in [2.75, 3.05) is 6.54 Å². The maximum atomic E-state index is 13.0. The molecular weight excluding hydrogens is 382 g/mol. The van der Waals surface area contributed by atoms with Crippen LogP contribution in [0, 0.1) is 6.92 Å². The minimum Gasteiger partial charge on any atom is -0.299 e. The molecule has 0 amide bonds. The van der Waals surface area contributed by atoms with Crippen molar-refractivity contribution in [3.63, 3.8) is 0 Å². The van der Waals surface area contributed by atoms with Crippen LogP contribution in [-0.4, -0.2) is 20.7 Å². The number of Topliss-reactive ketones (excluding diaryl/α,β-unsaturated/α-hetero) is 1. The summed E-state index contributed by atoms with van der Waals surface area (Å²) in [7, 11) is -3.56. The van der Waals surface area contributed by atoms with E-state index in [0.717, 1.165) is 16.7 Å². The molecule has 4 nitrogen and oxygen atoms in total. The zero-order valence-electron chi connectivity index (χ0n) is 16.4. The number of benzene rings is 3. The number of rotatable bonds is 9. The van der Waals surface area contributed by atoms with Gasteiger partial charge in [-0.15, -0.1) is 0 Å². The molecule has 0 fully saturated rings. The van der Waals surface area contributed by atoms with E-state index in [9.17, 15) is 13.2 Å². The van der Waals surface area contributed by atoms with E-state index in [1.54, 1.807) is 24.3 Å². The molecule has 0 aliphatic carbocycles. The summed E-state index contributed by atoms with van der Waals surface area (Å²) in [4.78, 5) is 13.2. The second-order valence-electron chi connectivity index (χ2n) is 7.04. The standard InChI is InChI=1S/C24H25NO3S/c1-19-14-16-22(17-15-19)29(27,28)25-18-8-13-23(26)24(20-9-4-2-5-10-20)21-11-6-3-7-12-21/h2-7,9-12,14-17,24-25H,8,13,18H2,1H3. The van der Waals surface area contributed by atoms with Crippen LogP contribution in [-0.2, 0) is 14.8 Å². The molecule has 5 heteroatoms. The summed E-state index contributed by atoms with van der Waals surface area (Å²) in [5.74, 6) is -0.261. The Morgan fingerprint density at radius 2 is 1.34 bits per heavy atom. The summed E-state index contributed by atoms with van der Waals surface area (Å²) in [6.45, 7) is 2.13. The number of sulfonamides is 1. The lowest BCUT2D eigenvalue weighted by molar-refractivity contribution is -0.119. The van der Waals surface area contributed by atoms with Crippen molar-refractivity contribution in [1.82, 2.24) is 4.72 Å². The Labute approximate surface area is 172 Å². The predicted molar refractivity (Wildman–Crippen MR) is 115 cm³/mol. The van der Waals surface area contributed by atoms with Crippen molar-refractivity contribution < 1.29 is 13.2 Å². The molecule has 0 spiro atoms. The highest BCUT2D eigenvalue weighted by Gasteiger charge is 2.22. The Morgan fingerprint density at radius 3 is 1.86 bits per heavy atom. The van der Waals surface area contributed by atoms with Gasteiger partial charge in [0.05, 0.1) is 10.8 Å². The quantitative estimate of drug-likeness (QED) is 0.533. The van der Waals surface area contributed by atoms with Crippen LogP contribution in [0.2, 0.25) is 0 Å². The highest BCUT2D eigenvalue weighted by molar-refractivity contribution is 7.89. The van der Waals surface area contributed by atoms with Crippen molar-refractivity contribution in [1.29, 1.82) is 0 Å². The van der Waals surface area contributed by atoms with Crippen LogP contribution in [0.15, 0.2) is 89.8 Å². The lowest BCUT2D eigenvalue weighted by Gasteiger charge is -2.17. The van der Waals surface area contributed by atoms with Gasteiger partial charge in [0.15, 0.2) is 0 Å². The highest BCUT2D eigenvalue weighted by Crippen LogP contribution is 2.27. The molecule has 29 heavy (non-hydrogen) atoms. The van der Waals surface area contributed by atoms with E-state index < -0.39 is 10.0 Å². The Balaban J connectivity index is 1.63. The Hall–Kier alpha value is -2.76. The molecule has 1 N–H and O–H groups in total. The van der Waals surface area contributed by atoms with Crippen LogP contribution < -0.4 is 4.72 Å². The Morgan fingerprint density at radius 1 is 0.828 bits per heavy atom. The number of carbonyl (C=O) groups is 1. The van der Waals surface area contributed by atoms with Gasteiger partial charge in [0.1, 0.15) is 5.78 Å². The largest absolute Gasteiger partial charge is 0.299 e. The zero-order valence-corrected chi connectivity index (χ0v) is 17.2. The van der Waals surface area contributed by atoms with Crippen molar-refractivity contribution >= 4 is 15.8 Å². The summed E-state index contributed by atoms with van der Waals surface area (Å²) in [5, 5.41) is 0. The van der Waals surface area contributed by atoms with Gasteiger partial charge in [0, 0.05) is 13.0 Å².